The third-order valence-electron chi connectivity index (χ3n) is 2.64. The third kappa shape index (κ3) is 2.39. The Bertz CT molecular complexity index is 580. The smallest absolute Gasteiger partial charge is 0.338 e. The summed E-state index contributed by atoms with van der Waals surface area (Å²) >= 11 is 3.39. The number of carbonyl (C=O) groups excluding carboxylic acids is 1. The average molecular weight is 313 g/mol. The van der Waals surface area contributed by atoms with E-state index in [9.17, 15) is 4.79 Å². The first-order valence-electron chi connectivity index (χ1n) is 5.39. The second-order valence-corrected chi connectivity index (χ2v) is 4.65. The van der Waals surface area contributed by atoms with Crippen LogP contribution in [0, 0.1) is 0 Å². The molecule has 0 unspecified atom stereocenters. The average Bonchev–Trinajstić information content (AvgIpc) is 2.77. The summed E-state index contributed by atoms with van der Waals surface area (Å²) in [5, 5.41) is 5.04. The van der Waals surface area contributed by atoms with Gasteiger partial charge in [0.15, 0.2) is 0 Å². The van der Waals surface area contributed by atoms with Crippen molar-refractivity contribution >= 4 is 32.8 Å². The number of hydrogen-bond donors (Lipinski definition) is 0. The van der Waals surface area contributed by atoms with Gasteiger partial charge in [0.2, 0.25) is 0 Å². The zero-order valence-corrected chi connectivity index (χ0v) is 11.7. The van der Waals surface area contributed by atoms with Crippen molar-refractivity contribution < 1.29 is 14.3 Å². The van der Waals surface area contributed by atoms with Crippen molar-refractivity contribution in [2.75, 3.05) is 20.8 Å². The number of carbonyl (C=O) groups is 1. The molecule has 2 rings (SSSR count). The fraction of sp³-hybridized carbons (Fsp3) is 0.333. The van der Waals surface area contributed by atoms with E-state index >= 15 is 0 Å². The number of benzene rings is 1. The molecule has 0 saturated heterocycles. The van der Waals surface area contributed by atoms with Crippen molar-refractivity contribution in [3.63, 3.8) is 0 Å². The molecule has 1 aromatic carbocycles. The molecule has 18 heavy (non-hydrogen) atoms. The van der Waals surface area contributed by atoms with Crippen molar-refractivity contribution in [1.82, 2.24) is 9.78 Å². The van der Waals surface area contributed by atoms with E-state index in [-0.39, 0.29) is 5.97 Å². The highest BCUT2D eigenvalue weighted by Crippen LogP contribution is 2.25. The quantitative estimate of drug-likeness (QED) is 0.812. The molecule has 0 bridgehead atoms. The third-order valence-corrected chi connectivity index (χ3v) is 3.10. The number of fused-ring (bicyclic) bond motifs is 1. The molecule has 0 aliphatic heterocycles. The molecule has 6 heteroatoms. The molecule has 0 atom stereocenters. The van der Waals surface area contributed by atoms with E-state index in [0.717, 1.165) is 15.4 Å². The Morgan fingerprint density at radius 2 is 2.22 bits per heavy atom. The second kappa shape index (κ2) is 5.49. The Hall–Kier alpha value is -1.40. The van der Waals surface area contributed by atoms with E-state index in [0.29, 0.717) is 18.7 Å². The van der Waals surface area contributed by atoms with Gasteiger partial charge in [0.1, 0.15) is 0 Å². The minimum absolute atomic E-state index is 0.368. The predicted octanol–water partition coefficient (Wildman–Crippen LogP) is 2.23. The van der Waals surface area contributed by atoms with Gasteiger partial charge in [-0.1, -0.05) is 15.9 Å². The monoisotopic (exact) mass is 312 g/mol. The van der Waals surface area contributed by atoms with E-state index in [4.69, 9.17) is 9.47 Å². The Morgan fingerprint density at radius 3 is 2.89 bits per heavy atom. The lowest BCUT2D eigenvalue weighted by molar-refractivity contribution is 0.0603. The molecule has 0 fully saturated rings. The Morgan fingerprint density at radius 1 is 1.44 bits per heavy atom. The Balaban J connectivity index is 2.54. The van der Waals surface area contributed by atoms with Crippen LogP contribution in [-0.2, 0) is 16.0 Å². The van der Waals surface area contributed by atoms with Crippen LogP contribution in [-0.4, -0.2) is 36.6 Å². The maximum Gasteiger partial charge on any atom is 0.338 e. The van der Waals surface area contributed by atoms with E-state index in [1.54, 1.807) is 24.1 Å². The number of ether oxygens (including phenoxy) is 2. The topological polar surface area (TPSA) is 53.4 Å². The number of hydrogen-bond acceptors (Lipinski definition) is 4. The number of aromatic nitrogens is 2. The van der Waals surface area contributed by atoms with Crippen molar-refractivity contribution in [2.24, 2.45) is 0 Å². The molecule has 1 heterocycles. The molecule has 96 valence electrons. The summed E-state index contributed by atoms with van der Waals surface area (Å²) in [7, 11) is 3.01. The standard InChI is InChI=1S/C12H13BrN2O3/c1-17-4-3-15-11-6-8(13)5-9(12(16)18-2)10(11)7-14-15/h5-7H,3-4H2,1-2H3. The zero-order chi connectivity index (χ0) is 13.1. The molecule has 0 radical (unpaired) electrons. The summed E-state index contributed by atoms with van der Waals surface area (Å²) < 4.78 is 12.4. The Kier molecular flexibility index (Phi) is 3.98. The van der Waals surface area contributed by atoms with Crippen LogP contribution in [0.1, 0.15) is 10.4 Å². The first-order chi connectivity index (χ1) is 8.67. The van der Waals surface area contributed by atoms with Crippen molar-refractivity contribution in [1.29, 1.82) is 0 Å². The van der Waals surface area contributed by atoms with Crippen molar-refractivity contribution in [2.45, 2.75) is 6.54 Å². The van der Waals surface area contributed by atoms with Gasteiger partial charge in [-0.05, 0) is 12.1 Å². The molecule has 1 aromatic heterocycles. The van der Waals surface area contributed by atoms with Crippen LogP contribution in [0.2, 0.25) is 0 Å². The van der Waals surface area contributed by atoms with E-state index in [1.165, 1.54) is 7.11 Å². The van der Waals surface area contributed by atoms with Crippen molar-refractivity contribution in [3.05, 3.63) is 28.4 Å². The second-order valence-electron chi connectivity index (χ2n) is 3.74. The molecule has 0 amide bonds. The minimum atomic E-state index is -0.368. The molecule has 2 aromatic rings. The van der Waals surface area contributed by atoms with Crippen LogP contribution in [0.15, 0.2) is 22.8 Å². The summed E-state index contributed by atoms with van der Waals surface area (Å²) in [6, 6.07) is 3.65. The summed E-state index contributed by atoms with van der Waals surface area (Å²) in [5.41, 5.74) is 1.38. The maximum absolute atomic E-state index is 11.7. The van der Waals surface area contributed by atoms with Crippen molar-refractivity contribution in [3.8, 4) is 0 Å². The fourth-order valence-corrected chi connectivity index (χ4v) is 2.22. The van der Waals surface area contributed by atoms with Gasteiger partial charge in [0, 0.05) is 17.0 Å². The van der Waals surface area contributed by atoms with E-state index in [2.05, 4.69) is 21.0 Å². The van der Waals surface area contributed by atoms with Crippen LogP contribution < -0.4 is 0 Å². The maximum atomic E-state index is 11.7. The minimum Gasteiger partial charge on any atom is -0.465 e. The number of halogens is 1. The van der Waals surface area contributed by atoms with Crippen LogP contribution in [0.4, 0.5) is 0 Å². The SMILES string of the molecule is COCCn1ncc2c(C(=O)OC)cc(Br)cc21. The van der Waals surface area contributed by atoms with Gasteiger partial charge in [-0.25, -0.2) is 4.79 Å². The molecular formula is C12H13BrN2O3. The summed E-state index contributed by atoms with van der Waals surface area (Å²) in [4.78, 5) is 11.7. The summed E-state index contributed by atoms with van der Waals surface area (Å²) in [5.74, 6) is -0.368. The van der Waals surface area contributed by atoms with E-state index < -0.39 is 0 Å². The lowest BCUT2D eigenvalue weighted by Gasteiger charge is -2.05. The predicted molar refractivity (Wildman–Crippen MR) is 70.6 cm³/mol. The fourth-order valence-electron chi connectivity index (χ4n) is 1.78. The highest BCUT2D eigenvalue weighted by Gasteiger charge is 2.15. The van der Waals surface area contributed by atoms with Gasteiger partial charge in [-0.3, -0.25) is 4.68 Å². The first-order valence-corrected chi connectivity index (χ1v) is 6.19. The lowest BCUT2D eigenvalue weighted by atomic mass is 10.1. The van der Waals surface area contributed by atoms with Gasteiger partial charge in [0.25, 0.3) is 0 Å². The molecule has 5 nitrogen and oxygen atoms in total. The summed E-state index contributed by atoms with van der Waals surface area (Å²) in [6.45, 7) is 1.20. The zero-order valence-electron chi connectivity index (χ0n) is 10.1. The first kappa shape index (κ1) is 13.0. The summed E-state index contributed by atoms with van der Waals surface area (Å²) in [6.07, 6.45) is 1.67. The van der Waals surface area contributed by atoms with Gasteiger partial charge >= 0.3 is 5.97 Å². The number of esters is 1. The van der Waals surface area contributed by atoms with Crippen LogP contribution in [0.3, 0.4) is 0 Å². The lowest BCUT2D eigenvalue weighted by Crippen LogP contribution is -2.06. The largest absolute Gasteiger partial charge is 0.465 e. The van der Waals surface area contributed by atoms with Gasteiger partial charge in [-0.15, -0.1) is 0 Å². The van der Waals surface area contributed by atoms with Gasteiger partial charge < -0.3 is 9.47 Å². The number of nitrogens with zero attached hydrogens (tertiary/aromatic N) is 2. The molecule has 0 aliphatic rings. The van der Waals surface area contributed by atoms with Crippen LogP contribution in [0.5, 0.6) is 0 Å². The normalized spacial score (nSPS) is 10.8. The number of methoxy groups -OCH3 is 2. The Labute approximate surface area is 113 Å². The molecule has 0 spiro atoms. The molecule has 0 N–H and O–H groups in total. The molecule has 0 aliphatic carbocycles. The van der Waals surface area contributed by atoms with Gasteiger partial charge in [-0.2, -0.15) is 5.10 Å². The highest BCUT2D eigenvalue weighted by molar-refractivity contribution is 9.10. The molecule has 0 saturated carbocycles. The highest BCUT2D eigenvalue weighted by atomic mass is 79.9. The number of rotatable bonds is 4. The van der Waals surface area contributed by atoms with Crippen LogP contribution >= 0.6 is 15.9 Å². The van der Waals surface area contributed by atoms with Gasteiger partial charge in [0.05, 0.1) is 37.5 Å². The van der Waals surface area contributed by atoms with Crippen LogP contribution in [0.25, 0.3) is 10.9 Å². The van der Waals surface area contributed by atoms with E-state index in [1.807, 2.05) is 6.07 Å². The molecular weight excluding hydrogens is 300 g/mol.